The van der Waals surface area contributed by atoms with Gasteiger partial charge in [0.2, 0.25) is 0 Å². The van der Waals surface area contributed by atoms with Crippen molar-refractivity contribution in [3.63, 3.8) is 0 Å². The molecule has 0 unspecified atom stereocenters. The van der Waals surface area contributed by atoms with Crippen LogP contribution in [0.15, 0.2) is 28.9 Å². The molecule has 1 N–H and O–H groups in total. The molecule has 0 fully saturated rings. The third-order valence-corrected chi connectivity index (χ3v) is 3.88. The van der Waals surface area contributed by atoms with Gasteiger partial charge in [0.05, 0.1) is 25.6 Å². The molecule has 0 bridgehead atoms. The average molecular weight is 353 g/mol. The van der Waals surface area contributed by atoms with Crippen molar-refractivity contribution < 1.29 is 14.3 Å². The number of halogens is 1. The summed E-state index contributed by atoms with van der Waals surface area (Å²) in [6.45, 7) is 2.13. The van der Waals surface area contributed by atoms with Crippen LogP contribution in [0.4, 0.5) is 0 Å². The molecular weight excluding hydrogens is 336 g/mol. The number of benzene rings is 1. The number of aromatic amines is 1. The number of nitrogens with one attached hydrogen (secondary N) is 1. The zero-order valence-corrected chi connectivity index (χ0v) is 13.6. The number of methoxy groups -OCH3 is 1. The van der Waals surface area contributed by atoms with Gasteiger partial charge in [-0.1, -0.05) is 15.9 Å². The Kier molecular flexibility index (Phi) is 5.38. The molecule has 0 saturated heterocycles. The lowest BCUT2D eigenvalue weighted by Crippen LogP contribution is -2.07. The van der Waals surface area contributed by atoms with Crippen LogP contribution < -0.4 is 4.74 Å². The number of hydrogen-bond donors (Lipinski definition) is 1. The number of carbonyl (C=O) groups is 1. The Labute approximate surface area is 131 Å². The molecule has 112 valence electrons. The lowest BCUT2D eigenvalue weighted by molar-refractivity contribution is 0.0525. The minimum absolute atomic E-state index is 0.342. The number of aromatic nitrogens is 2. The van der Waals surface area contributed by atoms with E-state index >= 15 is 0 Å². The van der Waals surface area contributed by atoms with Crippen molar-refractivity contribution in [2.75, 3.05) is 13.7 Å². The molecule has 0 radical (unpaired) electrons. The molecular formula is C15H17BrN2O3. The fraction of sp³-hybridized carbons (Fsp3) is 0.333. The van der Waals surface area contributed by atoms with Gasteiger partial charge in [-0.25, -0.2) is 4.79 Å². The zero-order valence-electron chi connectivity index (χ0n) is 12.0. The fourth-order valence-corrected chi connectivity index (χ4v) is 2.46. The molecule has 21 heavy (non-hydrogen) atoms. The number of rotatable bonds is 6. The molecule has 0 aliphatic heterocycles. The van der Waals surface area contributed by atoms with Crippen LogP contribution in [0.1, 0.15) is 28.5 Å². The summed E-state index contributed by atoms with van der Waals surface area (Å²) < 4.78 is 11.3. The number of ether oxygens (including phenoxy) is 2. The number of H-pyrrole nitrogens is 1. The van der Waals surface area contributed by atoms with Crippen LogP contribution in [0, 0.1) is 0 Å². The predicted octanol–water partition coefficient (Wildman–Crippen LogP) is 3.14. The summed E-state index contributed by atoms with van der Waals surface area (Å²) in [5.74, 6) is 0.467. The Balaban J connectivity index is 2.10. The molecule has 0 aliphatic carbocycles. The van der Waals surface area contributed by atoms with E-state index in [1.165, 1.54) is 6.20 Å². The smallest absolute Gasteiger partial charge is 0.341 e. The van der Waals surface area contributed by atoms with Crippen molar-refractivity contribution in [3.05, 3.63) is 45.7 Å². The standard InChI is InChI=1S/C15H17BrN2O3/c1-3-21-15(19)12-9-17-18-14(12)7-4-10-8-11(20-2)5-6-13(10)16/h5-6,8-9H,3-4,7H2,1-2H3,(H,17,18). The van der Waals surface area contributed by atoms with E-state index in [0.717, 1.165) is 27.9 Å². The van der Waals surface area contributed by atoms with Crippen LogP contribution >= 0.6 is 15.9 Å². The molecule has 6 heteroatoms. The summed E-state index contributed by atoms with van der Waals surface area (Å²) >= 11 is 3.52. The van der Waals surface area contributed by atoms with Crippen LogP contribution in [0.3, 0.4) is 0 Å². The summed E-state index contributed by atoms with van der Waals surface area (Å²) in [5.41, 5.74) is 2.39. The Morgan fingerprint density at radius 3 is 2.90 bits per heavy atom. The van der Waals surface area contributed by atoms with Gasteiger partial charge in [-0.2, -0.15) is 5.10 Å². The van der Waals surface area contributed by atoms with Gasteiger partial charge in [-0.3, -0.25) is 5.10 Å². The first-order valence-electron chi connectivity index (χ1n) is 6.67. The number of esters is 1. The largest absolute Gasteiger partial charge is 0.497 e. The predicted molar refractivity (Wildman–Crippen MR) is 82.6 cm³/mol. The molecule has 1 heterocycles. The minimum atomic E-state index is -0.342. The number of aryl methyl sites for hydroxylation is 2. The van der Waals surface area contributed by atoms with Gasteiger partial charge in [0.1, 0.15) is 11.3 Å². The van der Waals surface area contributed by atoms with E-state index in [2.05, 4.69) is 26.1 Å². The first-order chi connectivity index (χ1) is 10.2. The maximum absolute atomic E-state index is 11.8. The molecule has 1 aromatic heterocycles. The Bertz CT molecular complexity index is 625. The van der Waals surface area contributed by atoms with E-state index in [1.807, 2.05) is 18.2 Å². The molecule has 2 rings (SSSR count). The summed E-state index contributed by atoms with van der Waals surface area (Å²) in [6.07, 6.45) is 2.93. The normalized spacial score (nSPS) is 10.4. The summed E-state index contributed by atoms with van der Waals surface area (Å²) in [7, 11) is 1.64. The van der Waals surface area contributed by atoms with E-state index < -0.39 is 0 Å². The Morgan fingerprint density at radius 1 is 1.38 bits per heavy atom. The highest BCUT2D eigenvalue weighted by Crippen LogP contribution is 2.24. The van der Waals surface area contributed by atoms with Gasteiger partial charge in [0.15, 0.2) is 0 Å². The molecule has 0 aliphatic rings. The molecule has 0 saturated carbocycles. The van der Waals surface area contributed by atoms with Gasteiger partial charge in [0.25, 0.3) is 0 Å². The molecule has 0 amide bonds. The van der Waals surface area contributed by atoms with E-state index in [1.54, 1.807) is 14.0 Å². The van der Waals surface area contributed by atoms with E-state index in [0.29, 0.717) is 18.6 Å². The minimum Gasteiger partial charge on any atom is -0.497 e. The van der Waals surface area contributed by atoms with Crippen molar-refractivity contribution in [3.8, 4) is 5.75 Å². The Hall–Kier alpha value is -1.82. The van der Waals surface area contributed by atoms with Crippen LogP contribution in [0.2, 0.25) is 0 Å². The molecule has 2 aromatic rings. The van der Waals surface area contributed by atoms with Crippen molar-refractivity contribution in [1.82, 2.24) is 10.2 Å². The summed E-state index contributed by atoms with van der Waals surface area (Å²) in [4.78, 5) is 11.8. The fourth-order valence-electron chi connectivity index (χ4n) is 2.02. The van der Waals surface area contributed by atoms with Gasteiger partial charge in [-0.05, 0) is 43.5 Å². The second-order valence-electron chi connectivity index (χ2n) is 4.44. The highest BCUT2D eigenvalue weighted by atomic mass is 79.9. The number of carbonyl (C=O) groups excluding carboxylic acids is 1. The van der Waals surface area contributed by atoms with Gasteiger partial charge in [-0.15, -0.1) is 0 Å². The van der Waals surface area contributed by atoms with Crippen LogP contribution in [0.5, 0.6) is 5.75 Å². The van der Waals surface area contributed by atoms with Crippen molar-refractivity contribution in [1.29, 1.82) is 0 Å². The maximum atomic E-state index is 11.8. The second kappa shape index (κ2) is 7.26. The molecule has 0 atom stereocenters. The topological polar surface area (TPSA) is 64.2 Å². The van der Waals surface area contributed by atoms with Crippen molar-refractivity contribution >= 4 is 21.9 Å². The average Bonchev–Trinajstić information content (AvgIpc) is 2.95. The van der Waals surface area contributed by atoms with E-state index in [4.69, 9.17) is 9.47 Å². The first kappa shape index (κ1) is 15.6. The van der Waals surface area contributed by atoms with Crippen LogP contribution in [-0.4, -0.2) is 29.9 Å². The molecule has 5 nitrogen and oxygen atoms in total. The molecule has 0 spiro atoms. The van der Waals surface area contributed by atoms with Crippen molar-refractivity contribution in [2.45, 2.75) is 19.8 Å². The zero-order chi connectivity index (χ0) is 15.2. The van der Waals surface area contributed by atoms with Gasteiger partial charge in [0, 0.05) is 4.47 Å². The number of hydrogen-bond acceptors (Lipinski definition) is 4. The number of nitrogens with zero attached hydrogens (tertiary/aromatic N) is 1. The monoisotopic (exact) mass is 352 g/mol. The van der Waals surface area contributed by atoms with Crippen LogP contribution in [-0.2, 0) is 17.6 Å². The van der Waals surface area contributed by atoms with Gasteiger partial charge < -0.3 is 9.47 Å². The second-order valence-corrected chi connectivity index (χ2v) is 5.29. The third-order valence-electron chi connectivity index (χ3n) is 3.11. The SMILES string of the molecule is CCOC(=O)c1cn[nH]c1CCc1cc(OC)ccc1Br. The summed E-state index contributed by atoms with van der Waals surface area (Å²) in [5, 5.41) is 6.80. The first-order valence-corrected chi connectivity index (χ1v) is 7.46. The quantitative estimate of drug-likeness (QED) is 0.811. The van der Waals surface area contributed by atoms with Crippen LogP contribution in [0.25, 0.3) is 0 Å². The van der Waals surface area contributed by atoms with E-state index in [-0.39, 0.29) is 5.97 Å². The lowest BCUT2D eigenvalue weighted by Gasteiger charge is -2.07. The third kappa shape index (κ3) is 3.85. The summed E-state index contributed by atoms with van der Waals surface area (Å²) in [6, 6.07) is 5.83. The maximum Gasteiger partial charge on any atom is 0.341 e. The highest BCUT2D eigenvalue weighted by molar-refractivity contribution is 9.10. The van der Waals surface area contributed by atoms with Crippen molar-refractivity contribution in [2.24, 2.45) is 0 Å². The lowest BCUT2D eigenvalue weighted by atomic mass is 10.1. The van der Waals surface area contributed by atoms with E-state index in [9.17, 15) is 4.79 Å². The van der Waals surface area contributed by atoms with Gasteiger partial charge >= 0.3 is 5.97 Å². The molecule has 1 aromatic carbocycles. The highest BCUT2D eigenvalue weighted by Gasteiger charge is 2.15. The Morgan fingerprint density at radius 2 is 2.19 bits per heavy atom.